The van der Waals surface area contributed by atoms with Crippen LogP contribution in [0.5, 0.6) is 28.7 Å². The summed E-state index contributed by atoms with van der Waals surface area (Å²) in [7, 11) is 1.38. The van der Waals surface area contributed by atoms with Gasteiger partial charge in [0.05, 0.1) is 18.6 Å². The summed E-state index contributed by atoms with van der Waals surface area (Å²) in [5.41, 5.74) is 0.652. The van der Waals surface area contributed by atoms with Crippen molar-refractivity contribution in [2.75, 3.05) is 13.7 Å². The molecule has 6 nitrogen and oxygen atoms in total. The molecule has 2 aromatic carbocycles. The lowest BCUT2D eigenvalue weighted by Gasteiger charge is -2.25. The van der Waals surface area contributed by atoms with E-state index < -0.39 is 5.92 Å². The van der Waals surface area contributed by atoms with Gasteiger partial charge in [0.2, 0.25) is 0 Å². The van der Waals surface area contributed by atoms with Gasteiger partial charge in [0.25, 0.3) is 0 Å². The molecule has 3 N–H and O–H groups in total. The first-order chi connectivity index (χ1) is 10.5. The summed E-state index contributed by atoms with van der Waals surface area (Å²) in [5, 5.41) is 29.1. The monoisotopic (exact) mass is 302 g/mol. The number of benzene rings is 2. The molecule has 0 bridgehead atoms. The largest absolute Gasteiger partial charge is 0.508 e. The summed E-state index contributed by atoms with van der Waals surface area (Å²) >= 11 is 0. The Balaban J connectivity index is 2.04. The Labute approximate surface area is 126 Å². The van der Waals surface area contributed by atoms with Gasteiger partial charge in [0, 0.05) is 17.7 Å². The van der Waals surface area contributed by atoms with Crippen LogP contribution in [0.1, 0.15) is 21.8 Å². The highest BCUT2D eigenvalue weighted by Gasteiger charge is 2.32. The zero-order chi connectivity index (χ0) is 15.9. The van der Waals surface area contributed by atoms with Crippen LogP contribution in [0.3, 0.4) is 0 Å². The quantitative estimate of drug-likeness (QED) is 0.787. The maximum absolute atomic E-state index is 12.6. The Hall–Kier alpha value is -2.89. The second kappa shape index (κ2) is 5.14. The molecule has 0 radical (unpaired) electrons. The van der Waals surface area contributed by atoms with E-state index in [2.05, 4.69) is 0 Å². The highest BCUT2D eigenvalue weighted by Crippen LogP contribution is 2.41. The van der Waals surface area contributed by atoms with Gasteiger partial charge in [-0.25, -0.2) is 0 Å². The molecule has 0 saturated heterocycles. The van der Waals surface area contributed by atoms with Crippen molar-refractivity contribution in [3.05, 3.63) is 41.5 Å². The van der Waals surface area contributed by atoms with Crippen molar-refractivity contribution in [2.45, 2.75) is 5.92 Å². The van der Waals surface area contributed by atoms with E-state index in [4.69, 9.17) is 9.47 Å². The molecular weight excluding hydrogens is 288 g/mol. The van der Waals surface area contributed by atoms with Crippen LogP contribution < -0.4 is 9.47 Å². The van der Waals surface area contributed by atoms with E-state index >= 15 is 0 Å². The minimum Gasteiger partial charge on any atom is -0.508 e. The maximum atomic E-state index is 12.6. The number of carbonyl (C=O) groups excluding carboxylic acids is 1. The maximum Gasteiger partial charge on any atom is 0.177 e. The van der Waals surface area contributed by atoms with Crippen molar-refractivity contribution in [1.29, 1.82) is 0 Å². The lowest BCUT2D eigenvalue weighted by Crippen LogP contribution is -2.26. The number of hydrogen-bond acceptors (Lipinski definition) is 6. The fourth-order valence-electron chi connectivity index (χ4n) is 2.52. The molecule has 22 heavy (non-hydrogen) atoms. The van der Waals surface area contributed by atoms with E-state index in [9.17, 15) is 20.1 Å². The van der Waals surface area contributed by atoms with Gasteiger partial charge in [-0.2, -0.15) is 0 Å². The number of carbonyl (C=O) groups is 1. The third-order valence-electron chi connectivity index (χ3n) is 3.66. The molecule has 3 rings (SSSR count). The number of hydrogen-bond donors (Lipinski definition) is 3. The molecule has 0 fully saturated rings. The second-order valence-corrected chi connectivity index (χ2v) is 4.99. The first kappa shape index (κ1) is 14.1. The number of methoxy groups -OCH3 is 1. The van der Waals surface area contributed by atoms with Crippen LogP contribution >= 0.6 is 0 Å². The highest BCUT2D eigenvalue weighted by molar-refractivity contribution is 6.04. The summed E-state index contributed by atoms with van der Waals surface area (Å²) < 4.78 is 10.5. The van der Waals surface area contributed by atoms with Crippen molar-refractivity contribution in [3.8, 4) is 28.7 Å². The Morgan fingerprint density at radius 2 is 1.91 bits per heavy atom. The molecule has 1 aliphatic heterocycles. The Kier molecular flexibility index (Phi) is 3.29. The highest BCUT2D eigenvalue weighted by atomic mass is 16.5. The molecule has 1 heterocycles. The van der Waals surface area contributed by atoms with Crippen molar-refractivity contribution in [2.24, 2.45) is 0 Å². The molecule has 0 aliphatic carbocycles. The molecule has 2 aromatic rings. The number of phenols is 3. The third-order valence-corrected chi connectivity index (χ3v) is 3.66. The fourth-order valence-corrected chi connectivity index (χ4v) is 2.52. The van der Waals surface area contributed by atoms with Gasteiger partial charge in [-0.05, 0) is 18.2 Å². The van der Waals surface area contributed by atoms with E-state index in [1.165, 1.54) is 31.4 Å². The van der Waals surface area contributed by atoms with Gasteiger partial charge in [0.1, 0.15) is 23.9 Å². The van der Waals surface area contributed by atoms with Crippen LogP contribution in [0.4, 0.5) is 0 Å². The molecule has 1 aliphatic rings. The van der Waals surface area contributed by atoms with Gasteiger partial charge in [-0.15, -0.1) is 0 Å². The van der Waals surface area contributed by atoms with Crippen molar-refractivity contribution in [1.82, 2.24) is 0 Å². The first-order valence-electron chi connectivity index (χ1n) is 6.61. The van der Waals surface area contributed by atoms with Crippen molar-refractivity contribution < 1.29 is 29.6 Å². The molecule has 1 atom stereocenters. The smallest absolute Gasteiger partial charge is 0.177 e. The Bertz CT molecular complexity index is 753. The second-order valence-electron chi connectivity index (χ2n) is 4.99. The van der Waals surface area contributed by atoms with E-state index in [-0.39, 0.29) is 35.4 Å². The van der Waals surface area contributed by atoms with E-state index in [0.717, 1.165) is 6.07 Å². The molecule has 0 aromatic heterocycles. The summed E-state index contributed by atoms with van der Waals surface area (Å²) in [4.78, 5) is 12.6. The Morgan fingerprint density at radius 3 is 2.64 bits per heavy atom. The van der Waals surface area contributed by atoms with Gasteiger partial charge < -0.3 is 24.8 Å². The SMILES string of the molecule is COc1cc([C@H]2COc3cc(O)ccc3C2=O)c(O)cc1O. The zero-order valence-corrected chi connectivity index (χ0v) is 11.7. The predicted molar refractivity (Wildman–Crippen MR) is 77.0 cm³/mol. The van der Waals surface area contributed by atoms with Gasteiger partial charge in [0.15, 0.2) is 17.3 Å². The number of ketones is 1. The van der Waals surface area contributed by atoms with Crippen LogP contribution in [-0.2, 0) is 0 Å². The van der Waals surface area contributed by atoms with Crippen molar-refractivity contribution >= 4 is 5.78 Å². The van der Waals surface area contributed by atoms with Crippen LogP contribution in [0, 0.1) is 0 Å². The lowest BCUT2D eigenvalue weighted by molar-refractivity contribution is 0.0893. The van der Waals surface area contributed by atoms with Crippen LogP contribution in [0.25, 0.3) is 0 Å². The number of Topliss-reactive ketones (excluding diaryl/α,β-unsaturated/α-hetero) is 1. The number of ether oxygens (including phenoxy) is 2. The van der Waals surface area contributed by atoms with Crippen LogP contribution in [0.15, 0.2) is 30.3 Å². The van der Waals surface area contributed by atoms with E-state index in [0.29, 0.717) is 16.9 Å². The summed E-state index contributed by atoms with van der Waals surface area (Å²) in [6.45, 7) is 0.0246. The number of aromatic hydroxyl groups is 3. The standard InChI is InChI=1S/C16H14O6/c1-21-15-5-10(12(18)6-13(15)19)11-7-22-14-4-8(17)2-3-9(14)16(11)20/h2-6,11,17-19H,7H2,1H3/t11-/m1/s1. The van der Waals surface area contributed by atoms with E-state index in [1.54, 1.807) is 0 Å². The van der Waals surface area contributed by atoms with Crippen molar-refractivity contribution in [3.63, 3.8) is 0 Å². The number of phenolic OH excluding ortho intramolecular Hbond substituents is 3. The molecule has 114 valence electrons. The van der Waals surface area contributed by atoms with Crippen LogP contribution in [-0.4, -0.2) is 34.8 Å². The molecule has 0 spiro atoms. The third kappa shape index (κ3) is 2.18. The summed E-state index contributed by atoms with van der Waals surface area (Å²) in [5.74, 6) is -0.876. The molecule has 0 amide bonds. The lowest BCUT2D eigenvalue weighted by atomic mass is 9.88. The van der Waals surface area contributed by atoms with Gasteiger partial charge in [-0.3, -0.25) is 4.79 Å². The molecular formula is C16H14O6. The summed E-state index contributed by atoms with van der Waals surface area (Å²) in [6, 6.07) is 6.81. The topological polar surface area (TPSA) is 96.2 Å². The summed E-state index contributed by atoms with van der Waals surface area (Å²) in [6.07, 6.45) is 0. The molecule has 6 heteroatoms. The van der Waals surface area contributed by atoms with E-state index in [1.807, 2.05) is 0 Å². The normalized spacial score (nSPS) is 16.8. The average Bonchev–Trinajstić information content (AvgIpc) is 2.48. The number of fused-ring (bicyclic) bond motifs is 1. The number of rotatable bonds is 2. The first-order valence-corrected chi connectivity index (χ1v) is 6.61. The Morgan fingerprint density at radius 1 is 1.14 bits per heavy atom. The minimum atomic E-state index is -0.716. The molecule has 0 unspecified atom stereocenters. The minimum absolute atomic E-state index is 0.0131. The fraction of sp³-hybridized carbons (Fsp3) is 0.188. The van der Waals surface area contributed by atoms with Gasteiger partial charge >= 0.3 is 0 Å². The average molecular weight is 302 g/mol. The predicted octanol–water partition coefficient (Wildman–Crippen LogP) is 2.17. The molecule has 0 saturated carbocycles. The zero-order valence-electron chi connectivity index (χ0n) is 11.7. The van der Waals surface area contributed by atoms with Crippen LogP contribution in [0.2, 0.25) is 0 Å². The van der Waals surface area contributed by atoms with Gasteiger partial charge in [-0.1, -0.05) is 0 Å².